The molecule has 1 aromatic rings. The van der Waals surface area contributed by atoms with Crippen molar-refractivity contribution in [3.05, 3.63) is 22.3 Å². The molecule has 1 rings (SSSR count). The van der Waals surface area contributed by atoms with Crippen molar-refractivity contribution in [2.75, 3.05) is 4.72 Å². The lowest BCUT2D eigenvalue weighted by Crippen LogP contribution is -2.21. The molecule has 0 spiro atoms. The van der Waals surface area contributed by atoms with Crippen LogP contribution in [-0.4, -0.2) is 19.2 Å². The number of sulfonamides is 1. The Labute approximate surface area is 93.9 Å². The number of aromatic nitrogens is 1. The molecule has 15 heavy (non-hydrogen) atoms. The lowest BCUT2D eigenvalue weighted by molar-refractivity contribution is 0.236. The van der Waals surface area contributed by atoms with E-state index in [2.05, 4.69) is 20.9 Å². The molecule has 0 aliphatic heterocycles. The molecule has 0 radical (unpaired) electrons. The van der Waals surface area contributed by atoms with E-state index in [1.165, 1.54) is 12.1 Å². The molecule has 1 aromatic heterocycles. The van der Waals surface area contributed by atoms with Crippen molar-refractivity contribution >= 4 is 31.8 Å². The molecule has 4 nitrogen and oxygen atoms in total. The second-order valence-electron chi connectivity index (χ2n) is 2.67. The van der Waals surface area contributed by atoms with Gasteiger partial charge in [-0.1, -0.05) is 0 Å². The number of pyridine rings is 1. The molecule has 0 aliphatic rings. The van der Waals surface area contributed by atoms with E-state index in [-0.39, 0.29) is 5.82 Å². The monoisotopic (exact) mass is 300 g/mol. The highest BCUT2D eigenvalue weighted by Gasteiger charge is 2.24. The van der Waals surface area contributed by atoms with E-state index in [0.717, 1.165) is 0 Å². The maximum atomic E-state index is 12.0. The Kier molecular flexibility index (Phi) is 3.61. The Bertz CT molecular complexity index is 464. The summed E-state index contributed by atoms with van der Waals surface area (Å²) in [4.78, 5) is 3.77. The quantitative estimate of drug-likeness (QED) is 0.930. The first kappa shape index (κ1) is 12.3. The van der Waals surface area contributed by atoms with E-state index < -0.39 is 15.8 Å². The van der Waals surface area contributed by atoms with E-state index >= 15 is 0 Å². The third-order valence-corrected chi connectivity index (χ3v) is 3.30. The maximum absolute atomic E-state index is 12.0. The van der Waals surface area contributed by atoms with Crippen LogP contribution < -0.4 is 4.72 Å². The highest BCUT2D eigenvalue weighted by Crippen LogP contribution is 2.18. The van der Waals surface area contributed by atoms with Gasteiger partial charge in [-0.15, -0.1) is 0 Å². The summed E-state index contributed by atoms with van der Waals surface area (Å²) < 4.78 is 47.9. The maximum Gasteiger partial charge on any atom is 0.355 e. The lowest BCUT2D eigenvalue weighted by atomic mass is 10.4. The first-order chi connectivity index (χ1) is 6.83. The van der Waals surface area contributed by atoms with Crippen LogP contribution in [0.15, 0.2) is 16.6 Å². The minimum absolute atomic E-state index is 0.129. The molecular formula is C7H7BrF2N2O2S. The molecular weight excluding hydrogens is 294 g/mol. The molecule has 0 fully saturated rings. The molecule has 1 N–H and O–H groups in total. The Morgan fingerprint density at radius 2 is 2.07 bits per heavy atom. The predicted molar refractivity (Wildman–Crippen MR) is 55.2 cm³/mol. The summed E-state index contributed by atoms with van der Waals surface area (Å²) in [6, 6.07) is 2.81. The van der Waals surface area contributed by atoms with Crippen molar-refractivity contribution in [2.24, 2.45) is 0 Å². The van der Waals surface area contributed by atoms with Crippen molar-refractivity contribution in [1.29, 1.82) is 0 Å². The van der Waals surface area contributed by atoms with Gasteiger partial charge in [-0.25, -0.2) is 13.4 Å². The summed E-state index contributed by atoms with van der Waals surface area (Å²) in [5, 5.41) is 0. The number of hydrogen-bond acceptors (Lipinski definition) is 3. The Hall–Kier alpha value is -0.760. The highest BCUT2D eigenvalue weighted by molar-refractivity contribution is 9.10. The first-order valence-corrected chi connectivity index (χ1v) is 6.10. The molecule has 8 heteroatoms. The van der Waals surface area contributed by atoms with E-state index in [1.54, 1.807) is 11.6 Å². The number of aryl methyl sites for hydroxylation is 1. The second-order valence-corrected chi connectivity index (χ2v) is 5.18. The fraction of sp³-hybridized carbons (Fsp3) is 0.286. The summed E-state index contributed by atoms with van der Waals surface area (Å²) in [5.74, 6) is -3.60. The first-order valence-electron chi connectivity index (χ1n) is 3.76. The van der Waals surface area contributed by atoms with Crippen molar-refractivity contribution in [1.82, 2.24) is 4.98 Å². The summed E-state index contributed by atoms with van der Waals surface area (Å²) in [6.45, 7) is 1.62. The van der Waals surface area contributed by atoms with Crippen LogP contribution in [0.25, 0.3) is 0 Å². The van der Waals surface area contributed by atoms with Crippen molar-refractivity contribution in [2.45, 2.75) is 12.7 Å². The molecule has 0 aromatic carbocycles. The fourth-order valence-corrected chi connectivity index (χ4v) is 1.51. The van der Waals surface area contributed by atoms with Crippen LogP contribution in [0, 0.1) is 6.92 Å². The predicted octanol–water partition coefficient (Wildman–Crippen LogP) is 2.12. The standard InChI is InChI=1S/C7H7BrF2N2O2S/c1-4-5(8)2-3-6(11-4)12-15(13,14)7(9)10/h2-3,7H,1H3,(H,11,12). The third kappa shape index (κ3) is 3.10. The van der Waals surface area contributed by atoms with E-state index in [4.69, 9.17) is 0 Å². The minimum Gasteiger partial charge on any atom is -0.263 e. The van der Waals surface area contributed by atoms with Crippen LogP contribution in [0.1, 0.15) is 5.69 Å². The zero-order valence-electron chi connectivity index (χ0n) is 7.54. The van der Waals surface area contributed by atoms with Crippen molar-refractivity contribution < 1.29 is 17.2 Å². The van der Waals surface area contributed by atoms with Gasteiger partial charge in [0.15, 0.2) is 0 Å². The second kappa shape index (κ2) is 4.40. The number of nitrogens with zero attached hydrogens (tertiary/aromatic N) is 1. The molecule has 0 bridgehead atoms. The highest BCUT2D eigenvalue weighted by atomic mass is 79.9. The number of anilines is 1. The number of alkyl halides is 2. The molecule has 0 unspecified atom stereocenters. The molecule has 0 atom stereocenters. The molecule has 0 saturated heterocycles. The number of nitrogens with one attached hydrogen (secondary N) is 1. The zero-order valence-corrected chi connectivity index (χ0v) is 9.94. The fourth-order valence-electron chi connectivity index (χ4n) is 0.791. The molecule has 1 heterocycles. The summed E-state index contributed by atoms with van der Waals surface area (Å²) in [7, 11) is -4.64. The van der Waals surface area contributed by atoms with Gasteiger partial charge >= 0.3 is 5.76 Å². The van der Waals surface area contributed by atoms with Crippen LogP contribution in [-0.2, 0) is 10.0 Å². The molecule has 84 valence electrons. The van der Waals surface area contributed by atoms with Gasteiger partial charge in [0.2, 0.25) is 0 Å². The van der Waals surface area contributed by atoms with Gasteiger partial charge in [-0.2, -0.15) is 8.78 Å². The average Bonchev–Trinajstić information content (AvgIpc) is 2.10. The van der Waals surface area contributed by atoms with Gasteiger partial charge < -0.3 is 0 Å². The number of hydrogen-bond donors (Lipinski definition) is 1. The van der Waals surface area contributed by atoms with Crippen LogP contribution in [0.5, 0.6) is 0 Å². The minimum atomic E-state index is -4.64. The Balaban J connectivity index is 2.96. The number of halogens is 3. The van der Waals surface area contributed by atoms with Gasteiger partial charge in [0.05, 0.1) is 5.69 Å². The van der Waals surface area contributed by atoms with Gasteiger partial charge in [-0.3, -0.25) is 4.72 Å². The zero-order chi connectivity index (χ0) is 11.6. The topological polar surface area (TPSA) is 59.1 Å². The molecule has 0 amide bonds. The SMILES string of the molecule is Cc1nc(NS(=O)(=O)C(F)F)ccc1Br. The van der Waals surface area contributed by atoms with Crippen LogP contribution >= 0.6 is 15.9 Å². The smallest absolute Gasteiger partial charge is 0.263 e. The summed E-state index contributed by atoms with van der Waals surface area (Å²) >= 11 is 3.15. The van der Waals surface area contributed by atoms with Gasteiger partial charge in [0.25, 0.3) is 10.0 Å². The van der Waals surface area contributed by atoms with Gasteiger partial charge in [0.1, 0.15) is 5.82 Å². The van der Waals surface area contributed by atoms with Gasteiger partial charge in [0, 0.05) is 4.47 Å². The van der Waals surface area contributed by atoms with Crippen LogP contribution in [0.3, 0.4) is 0 Å². The van der Waals surface area contributed by atoms with Crippen molar-refractivity contribution in [3.8, 4) is 0 Å². The largest absolute Gasteiger partial charge is 0.355 e. The lowest BCUT2D eigenvalue weighted by Gasteiger charge is -2.07. The summed E-state index contributed by atoms with van der Waals surface area (Å²) in [5.41, 5.74) is 0.504. The third-order valence-electron chi connectivity index (χ3n) is 1.50. The van der Waals surface area contributed by atoms with Gasteiger partial charge in [-0.05, 0) is 35.0 Å². The van der Waals surface area contributed by atoms with Crippen LogP contribution in [0.2, 0.25) is 0 Å². The molecule has 0 saturated carbocycles. The van der Waals surface area contributed by atoms with Crippen molar-refractivity contribution in [3.63, 3.8) is 0 Å². The van der Waals surface area contributed by atoms with E-state index in [0.29, 0.717) is 10.2 Å². The molecule has 0 aliphatic carbocycles. The number of rotatable bonds is 3. The van der Waals surface area contributed by atoms with E-state index in [9.17, 15) is 17.2 Å². The van der Waals surface area contributed by atoms with Crippen LogP contribution in [0.4, 0.5) is 14.6 Å². The average molecular weight is 301 g/mol. The van der Waals surface area contributed by atoms with E-state index in [1.807, 2.05) is 0 Å². The normalized spacial score (nSPS) is 11.8. The summed E-state index contributed by atoms with van der Waals surface area (Å²) in [6.07, 6.45) is 0. The Morgan fingerprint density at radius 3 is 2.53 bits per heavy atom. The Morgan fingerprint density at radius 1 is 1.47 bits per heavy atom.